The third-order valence-electron chi connectivity index (χ3n) is 6.01. The van der Waals surface area contributed by atoms with Gasteiger partial charge >= 0.3 is 0 Å². The van der Waals surface area contributed by atoms with Crippen molar-refractivity contribution in [3.63, 3.8) is 0 Å². The van der Waals surface area contributed by atoms with Gasteiger partial charge in [-0.1, -0.05) is 71.9 Å². The fourth-order valence-corrected chi connectivity index (χ4v) is 5.13. The average molecular weight is 445 g/mol. The van der Waals surface area contributed by atoms with Crippen LogP contribution in [0.5, 0.6) is 0 Å². The maximum atomic E-state index is 5.73. The van der Waals surface area contributed by atoms with Crippen molar-refractivity contribution >= 4 is 11.3 Å². The van der Waals surface area contributed by atoms with E-state index in [1.54, 1.807) is 0 Å². The molecule has 1 aliphatic heterocycles. The minimum atomic E-state index is -0.0275. The summed E-state index contributed by atoms with van der Waals surface area (Å²) in [5.74, 6) is 1.40. The highest BCUT2D eigenvalue weighted by Crippen LogP contribution is 2.30. The Labute approximate surface area is 193 Å². The Bertz CT molecular complexity index is 1040. The lowest BCUT2D eigenvalue weighted by atomic mass is 9.91. The van der Waals surface area contributed by atoms with E-state index >= 15 is 0 Å². The van der Waals surface area contributed by atoms with Crippen LogP contribution in [0.4, 0.5) is 0 Å². The number of benzene rings is 2. The van der Waals surface area contributed by atoms with Crippen LogP contribution in [0, 0.1) is 0 Å². The van der Waals surface area contributed by atoms with Gasteiger partial charge in [0.25, 0.3) is 0 Å². The highest BCUT2D eigenvalue weighted by Gasteiger charge is 2.24. The van der Waals surface area contributed by atoms with Crippen LogP contribution in [0.3, 0.4) is 0 Å². The molecule has 0 spiro atoms. The fraction of sp³-hybridized carbons (Fsp3) is 0.308. The van der Waals surface area contributed by atoms with Crippen LogP contribution in [0.1, 0.15) is 40.1 Å². The standard InChI is InChI=1S/C26H28N4OS/c1-3-9-21(10-4-1)25(22-11-5-2-6-12-22)26-27-24(31-28-26)20-30-15-8-14-29(16-17-30)19-23-13-7-18-32-23/h1-7,9-13,18,25H,8,14-17,19-20H2. The molecule has 1 fully saturated rings. The molecule has 5 rings (SSSR count). The molecule has 0 saturated carbocycles. The summed E-state index contributed by atoms with van der Waals surface area (Å²) in [4.78, 5) is 11.3. The van der Waals surface area contributed by atoms with E-state index in [2.05, 4.69) is 81.0 Å². The molecule has 1 saturated heterocycles. The predicted octanol–water partition coefficient (Wildman–Crippen LogP) is 5.02. The molecule has 1 aliphatic rings. The summed E-state index contributed by atoms with van der Waals surface area (Å²) in [5, 5.41) is 6.56. The van der Waals surface area contributed by atoms with Gasteiger partial charge in [-0.05, 0) is 42.1 Å². The monoisotopic (exact) mass is 444 g/mol. The normalized spacial score (nSPS) is 15.8. The first-order chi connectivity index (χ1) is 15.8. The first-order valence-corrected chi connectivity index (χ1v) is 12.1. The molecule has 5 nitrogen and oxygen atoms in total. The first kappa shape index (κ1) is 21.1. The molecule has 2 aromatic heterocycles. The molecule has 0 unspecified atom stereocenters. The van der Waals surface area contributed by atoms with Crippen LogP contribution in [0.15, 0.2) is 82.7 Å². The fourth-order valence-electron chi connectivity index (χ4n) is 4.39. The minimum absolute atomic E-state index is 0.0275. The van der Waals surface area contributed by atoms with Crippen LogP contribution in [0.2, 0.25) is 0 Å². The van der Waals surface area contributed by atoms with Gasteiger partial charge in [0, 0.05) is 24.5 Å². The quantitative estimate of drug-likeness (QED) is 0.401. The summed E-state index contributed by atoms with van der Waals surface area (Å²) in [5.41, 5.74) is 2.34. The maximum absolute atomic E-state index is 5.73. The predicted molar refractivity (Wildman–Crippen MR) is 128 cm³/mol. The van der Waals surface area contributed by atoms with E-state index in [0.717, 1.165) is 45.0 Å². The van der Waals surface area contributed by atoms with Gasteiger partial charge < -0.3 is 4.52 Å². The van der Waals surface area contributed by atoms with Gasteiger partial charge in [-0.2, -0.15) is 4.98 Å². The Morgan fingerprint density at radius 1 is 0.781 bits per heavy atom. The molecule has 3 heterocycles. The van der Waals surface area contributed by atoms with E-state index in [0.29, 0.717) is 12.4 Å². The van der Waals surface area contributed by atoms with Crippen LogP contribution >= 0.6 is 11.3 Å². The summed E-state index contributed by atoms with van der Waals surface area (Å²) in [6.07, 6.45) is 1.16. The highest BCUT2D eigenvalue weighted by atomic mass is 32.1. The lowest BCUT2D eigenvalue weighted by Gasteiger charge is -2.20. The van der Waals surface area contributed by atoms with Crippen LogP contribution in [-0.4, -0.2) is 46.1 Å². The molecule has 32 heavy (non-hydrogen) atoms. The molecule has 2 aromatic carbocycles. The third-order valence-corrected chi connectivity index (χ3v) is 6.87. The number of hydrogen-bond acceptors (Lipinski definition) is 6. The topological polar surface area (TPSA) is 45.4 Å². The van der Waals surface area contributed by atoms with E-state index in [4.69, 9.17) is 9.51 Å². The second-order valence-electron chi connectivity index (χ2n) is 8.29. The van der Waals surface area contributed by atoms with Gasteiger partial charge in [0.1, 0.15) is 0 Å². The summed E-state index contributed by atoms with van der Waals surface area (Å²) < 4.78 is 5.73. The van der Waals surface area contributed by atoms with Crippen molar-refractivity contribution in [2.45, 2.75) is 25.4 Å². The maximum Gasteiger partial charge on any atom is 0.240 e. The third kappa shape index (κ3) is 5.15. The van der Waals surface area contributed by atoms with Crippen molar-refractivity contribution in [3.05, 3.63) is 106 Å². The van der Waals surface area contributed by atoms with E-state index in [1.807, 2.05) is 23.5 Å². The molecular formula is C26H28N4OS. The molecule has 0 N–H and O–H groups in total. The number of rotatable bonds is 7. The average Bonchev–Trinajstić information content (AvgIpc) is 3.46. The van der Waals surface area contributed by atoms with Gasteiger partial charge in [-0.3, -0.25) is 9.80 Å². The SMILES string of the molecule is c1ccc(C(c2ccccc2)c2noc(CN3CCCN(Cc4cccs4)CC3)n2)cc1. The zero-order chi connectivity index (χ0) is 21.6. The number of aromatic nitrogens is 2. The zero-order valence-corrected chi connectivity index (χ0v) is 19.0. The van der Waals surface area contributed by atoms with Crippen LogP contribution in [-0.2, 0) is 13.1 Å². The van der Waals surface area contributed by atoms with Gasteiger partial charge in [-0.15, -0.1) is 11.3 Å². The van der Waals surface area contributed by atoms with Gasteiger partial charge in [0.15, 0.2) is 5.82 Å². The molecule has 0 bridgehead atoms. The van der Waals surface area contributed by atoms with Crippen molar-refractivity contribution in [2.24, 2.45) is 0 Å². The van der Waals surface area contributed by atoms with E-state index in [-0.39, 0.29) is 5.92 Å². The van der Waals surface area contributed by atoms with Crippen molar-refractivity contribution in [2.75, 3.05) is 26.2 Å². The minimum Gasteiger partial charge on any atom is -0.338 e. The van der Waals surface area contributed by atoms with Gasteiger partial charge in [-0.25, -0.2) is 0 Å². The summed E-state index contributed by atoms with van der Waals surface area (Å²) in [7, 11) is 0. The first-order valence-electron chi connectivity index (χ1n) is 11.2. The van der Waals surface area contributed by atoms with Crippen molar-refractivity contribution in [3.8, 4) is 0 Å². The number of thiophene rings is 1. The lowest BCUT2D eigenvalue weighted by molar-refractivity contribution is 0.222. The molecule has 0 amide bonds. The Morgan fingerprint density at radius 2 is 1.44 bits per heavy atom. The summed E-state index contributed by atoms with van der Waals surface area (Å²) in [6.45, 7) is 6.02. The Hall–Kier alpha value is -2.80. The number of hydrogen-bond donors (Lipinski definition) is 0. The van der Waals surface area contributed by atoms with E-state index < -0.39 is 0 Å². The molecule has 0 aliphatic carbocycles. The molecule has 0 radical (unpaired) electrons. The second-order valence-corrected chi connectivity index (χ2v) is 9.32. The Kier molecular flexibility index (Phi) is 6.72. The number of nitrogens with zero attached hydrogens (tertiary/aromatic N) is 4. The molecule has 6 heteroatoms. The van der Waals surface area contributed by atoms with Crippen molar-refractivity contribution in [1.82, 2.24) is 19.9 Å². The van der Waals surface area contributed by atoms with Crippen molar-refractivity contribution in [1.29, 1.82) is 0 Å². The van der Waals surface area contributed by atoms with Gasteiger partial charge in [0.05, 0.1) is 12.5 Å². The highest BCUT2D eigenvalue weighted by molar-refractivity contribution is 7.09. The molecule has 4 aromatic rings. The van der Waals surface area contributed by atoms with Crippen molar-refractivity contribution < 1.29 is 4.52 Å². The lowest BCUT2D eigenvalue weighted by Crippen LogP contribution is -2.30. The Morgan fingerprint density at radius 3 is 2.06 bits per heavy atom. The van der Waals surface area contributed by atoms with Gasteiger partial charge in [0.2, 0.25) is 5.89 Å². The molecule has 164 valence electrons. The van der Waals surface area contributed by atoms with Crippen LogP contribution in [0.25, 0.3) is 0 Å². The zero-order valence-electron chi connectivity index (χ0n) is 18.1. The van der Waals surface area contributed by atoms with E-state index in [9.17, 15) is 0 Å². The largest absolute Gasteiger partial charge is 0.338 e. The summed E-state index contributed by atoms with van der Waals surface area (Å²) >= 11 is 1.84. The smallest absolute Gasteiger partial charge is 0.240 e. The second kappa shape index (κ2) is 10.2. The van der Waals surface area contributed by atoms with Crippen LogP contribution < -0.4 is 0 Å². The summed E-state index contributed by atoms with van der Waals surface area (Å²) in [6, 6.07) is 25.2. The molecule has 0 atom stereocenters. The molecular weight excluding hydrogens is 416 g/mol. The van der Waals surface area contributed by atoms with E-state index in [1.165, 1.54) is 16.0 Å². The Balaban J connectivity index is 1.27.